The maximum Gasteiger partial charge on any atom is 0.269 e. The van der Waals surface area contributed by atoms with Gasteiger partial charge in [0.15, 0.2) is 9.74 Å². The average molecular weight is 399 g/mol. The van der Waals surface area contributed by atoms with Gasteiger partial charge in [0.2, 0.25) is 0 Å². The fourth-order valence-corrected chi connectivity index (χ4v) is 3.69. The van der Waals surface area contributed by atoms with Crippen molar-refractivity contribution < 1.29 is 14.5 Å². The number of ketones is 1. The van der Waals surface area contributed by atoms with E-state index in [9.17, 15) is 19.7 Å². The van der Waals surface area contributed by atoms with Crippen LogP contribution < -0.4 is 5.32 Å². The molecule has 0 aliphatic rings. The van der Waals surface area contributed by atoms with E-state index in [0.29, 0.717) is 9.64 Å². The highest BCUT2D eigenvalue weighted by Crippen LogP contribution is 2.24. The minimum atomic E-state index is -0.617. The fraction of sp³-hybridized carbons (Fsp3) is 0.0556. The van der Waals surface area contributed by atoms with Crippen molar-refractivity contribution in [2.45, 2.75) is 6.92 Å². The number of amides is 1. The van der Waals surface area contributed by atoms with E-state index in [1.165, 1.54) is 48.7 Å². The summed E-state index contributed by atoms with van der Waals surface area (Å²) in [6, 6.07) is 12.8. The number of carbonyl (C=O) groups excluding carboxylic acids is 2. The van der Waals surface area contributed by atoms with Gasteiger partial charge < -0.3 is 5.32 Å². The predicted molar refractivity (Wildman–Crippen MR) is 107 cm³/mol. The largest absolute Gasteiger partial charge is 0.322 e. The number of hydrogen-bond donors (Lipinski definition) is 1. The van der Waals surface area contributed by atoms with Crippen molar-refractivity contribution in [3.05, 3.63) is 68.2 Å². The van der Waals surface area contributed by atoms with Gasteiger partial charge in [0, 0.05) is 24.0 Å². The Kier molecular flexibility index (Phi) is 5.24. The highest BCUT2D eigenvalue weighted by molar-refractivity contribution is 7.73. The van der Waals surface area contributed by atoms with Gasteiger partial charge in [0.25, 0.3) is 11.6 Å². The molecule has 0 bridgehead atoms. The molecule has 0 atom stereocenters. The van der Waals surface area contributed by atoms with E-state index in [1.807, 2.05) is 24.3 Å². The second-order valence-corrected chi connectivity index (χ2v) is 7.24. The molecule has 2 aromatic carbocycles. The van der Waals surface area contributed by atoms with E-state index in [1.54, 1.807) is 4.57 Å². The van der Waals surface area contributed by atoms with Crippen LogP contribution in [0.5, 0.6) is 0 Å². The van der Waals surface area contributed by atoms with E-state index < -0.39 is 16.6 Å². The smallest absolute Gasteiger partial charge is 0.269 e. The highest BCUT2D eigenvalue weighted by atomic mass is 32.1. The fourth-order valence-electron chi connectivity index (χ4n) is 2.41. The van der Waals surface area contributed by atoms with Crippen molar-refractivity contribution in [2.24, 2.45) is 0 Å². The van der Waals surface area contributed by atoms with Gasteiger partial charge in [0.05, 0.1) is 20.7 Å². The third-order valence-corrected chi connectivity index (χ3v) is 5.12. The molecule has 0 spiro atoms. The maximum absolute atomic E-state index is 12.6. The summed E-state index contributed by atoms with van der Waals surface area (Å²) in [5.41, 5.74) is 0.977. The molecule has 1 aromatic heterocycles. The standard InChI is InChI=1S/C18H13N3O4S2/c1-11(22)14(10-20-15-4-2-3-5-16(15)27-18(20)26)17(23)19-12-6-8-13(9-7-12)21(24)25/h2-10H,1H3,(H,19,23)/b14-10+. The Balaban J connectivity index is 1.95. The second-order valence-electron chi connectivity index (χ2n) is 5.56. The number of nitrogens with one attached hydrogen (secondary N) is 1. The van der Waals surface area contributed by atoms with Gasteiger partial charge in [-0.05, 0) is 43.4 Å². The molecule has 3 aromatic rings. The number of para-hydroxylation sites is 1. The van der Waals surface area contributed by atoms with Crippen LogP contribution in [0, 0.1) is 14.1 Å². The first-order valence-corrected chi connectivity index (χ1v) is 8.98. The molecule has 0 unspecified atom stereocenters. The van der Waals surface area contributed by atoms with Crippen LogP contribution in [0.4, 0.5) is 11.4 Å². The first-order valence-electron chi connectivity index (χ1n) is 7.75. The molecule has 1 N–H and O–H groups in total. The van der Waals surface area contributed by atoms with Crippen LogP contribution in [0.3, 0.4) is 0 Å². The predicted octanol–water partition coefficient (Wildman–Crippen LogP) is 4.41. The van der Waals surface area contributed by atoms with Crippen molar-refractivity contribution in [2.75, 3.05) is 5.32 Å². The number of Topliss-reactive ketones (excluding diaryl/α,β-unsaturated/α-hetero) is 1. The van der Waals surface area contributed by atoms with Crippen LogP contribution in [0.2, 0.25) is 0 Å². The van der Waals surface area contributed by atoms with Crippen molar-refractivity contribution in [1.29, 1.82) is 0 Å². The summed E-state index contributed by atoms with van der Waals surface area (Å²) in [7, 11) is 0. The summed E-state index contributed by atoms with van der Waals surface area (Å²) in [5.74, 6) is -1.04. The van der Waals surface area contributed by atoms with Gasteiger partial charge in [-0.1, -0.05) is 12.1 Å². The zero-order valence-corrected chi connectivity index (χ0v) is 15.7. The number of benzene rings is 2. The van der Waals surface area contributed by atoms with Crippen molar-refractivity contribution >= 4 is 63.0 Å². The summed E-state index contributed by atoms with van der Waals surface area (Å²) in [5, 5.41) is 13.3. The lowest BCUT2D eigenvalue weighted by molar-refractivity contribution is -0.384. The minimum Gasteiger partial charge on any atom is -0.322 e. The number of rotatable bonds is 5. The van der Waals surface area contributed by atoms with E-state index in [2.05, 4.69) is 5.32 Å². The Labute approximate surface area is 162 Å². The molecule has 0 aliphatic carbocycles. The number of thiazole rings is 1. The van der Waals surface area contributed by atoms with Crippen LogP contribution in [0.15, 0.2) is 54.1 Å². The van der Waals surface area contributed by atoms with Crippen molar-refractivity contribution in [1.82, 2.24) is 4.57 Å². The number of fused-ring (bicyclic) bond motifs is 1. The van der Waals surface area contributed by atoms with Crippen LogP contribution in [-0.4, -0.2) is 21.2 Å². The van der Waals surface area contributed by atoms with Crippen LogP contribution >= 0.6 is 23.6 Å². The third kappa shape index (κ3) is 3.99. The van der Waals surface area contributed by atoms with Gasteiger partial charge in [-0.15, -0.1) is 11.3 Å². The monoisotopic (exact) mass is 399 g/mol. The van der Waals surface area contributed by atoms with Crippen LogP contribution in [0.25, 0.3) is 16.4 Å². The summed E-state index contributed by atoms with van der Waals surface area (Å²) < 4.78 is 3.08. The average Bonchev–Trinajstić information content (AvgIpc) is 2.94. The van der Waals surface area contributed by atoms with E-state index in [4.69, 9.17) is 12.2 Å². The van der Waals surface area contributed by atoms with E-state index in [0.717, 1.165) is 10.2 Å². The van der Waals surface area contributed by atoms with Gasteiger partial charge in [-0.25, -0.2) is 0 Å². The zero-order valence-electron chi connectivity index (χ0n) is 14.0. The first kappa shape index (κ1) is 18.6. The number of nitrogens with zero attached hydrogens (tertiary/aromatic N) is 2. The molecule has 1 heterocycles. The number of anilines is 1. The Morgan fingerprint density at radius 2 is 1.85 bits per heavy atom. The Morgan fingerprint density at radius 1 is 1.19 bits per heavy atom. The summed E-state index contributed by atoms with van der Waals surface area (Å²) in [4.78, 5) is 34.8. The molecule has 0 saturated heterocycles. The van der Waals surface area contributed by atoms with E-state index >= 15 is 0 Å². The maximum atomic E-state index is 12.6. The van der Waals surface area contributed by atoms with Gasteiger partial charge in [-0.3, -0.25) is 24.3 Å². The molecule has 1 amide bonds. The first-order chi connectivity index (χ1) is 12.9. The number of nitro groups is 1. The minimum absolute atomic E-state index is 0.0759. The molecule has 136 valence electrons. The van der Waals surface area contributed by atoms with Gasteiger partial charge in [-0.2, -0.15) is 0 Å². The number of hydrogen-bond acceptors (Lipinski definition) is 6. The number of aromatic nitrogens is 1. The number of nitro benzene ring substituents is 1. The van der Waals surface area contributed by atoms with E-state index in [-0.39, 0.29) is 11.3 Å². The Hall–Kier alpha value is -3.17. The molecular weight excluding hydrogens is 386 g/mol. The quantitative estimate of drug-likeness (QED) is 0.171. The van der Waals surface area contributed by atoms with Crippen LogP contribution in [0.1, 0.15) is 6.92 Å². The molecule has 0 saturated carbocycles. The normalized spacial score (nSPS) is 11.4. The lowest BCUT2D eigenvalue weighted by atomic mass is 10.1. The molecule has 0 fully saturated rings. The lowest BCUT2D eigenvalue weighted by Gasteiger charge is -2.07. The molecule has 0 radical (unpaired) electrons. The summed E-state index contributed by atoms with van der Waals surface area (Å²) >= 11 is 6.72. The molecule has 7 nitrogen and oxygen atoms in total. The molecule has 27 heavy (non-hydrogen) atoms. The van der Waals surface area contributed by atoms with Crippen LogP contribution in [-0.2, 0) is 9.59 Å². The Morgan fingerprint density at radius 3 is 2.48 bits per heavy atom. The second kappa shape index (κ2) is 7.60. The Bertz CT molecular complexity index is 1140. The molecule has 0 aliphatic heterocycles. The number of non-ortho nitro benzene ring substituents is 1. The highest BCUT2D eigenvalue weighted by Gasteiger charge is 2.17. The SMILES string of the molecule is CC(=O)/C(=C\n1c(=S)sc2ccccc21)C(=O)Nc1ccc([N+](=O)[O-])cc1. The molecular formula is C18H13N3O4S2. The lowest BCUT2D eigenvalue weighted by Crippen LogP contribution is -2.19. The van der Waals surface area contributed by atoms with Gasteiger partial charge in [0.1, 0.15) is 0 Å². The van der Waals surface area contributed by atoms with Crippen molar-refractivity contribution in [3.8, 4) is 0 Å². The summed E-state index contributed by atoms with van der Waals surface area (Å²) in [6.07, 6.45) is 1.42. The zero-order chi connectivity index (χ0) is 19.6. The molecule has 9 heteroatoms. The third-order valence-electron chi connectivity index (χ3n) is 3.74. The number of carbonyl (C=O) groups is 2. The van der Waals surface area contributed by atoms with Crippen molar-refractivity contribution in [3.63, 3.8) is 0 Å². The van der Waals surface area contributed by atoms with Gasteiger partial charge >= 0.3 is 0 Å². The molecule has 3 rings (SSSR count). The summed E-state index contributed by atoms with van der Waals surface area (Å²) in [6.45, 7) is 1.29. The topological polar surface area (TPSA) is 94.2 Å².